The number of carbonyl (C=O) groups is 1. The van der Waals surface area contributed by atoms with Gasteiger partial charge in [-0.15, -0.1) is 0 Å². The zero-order chi connectivity index (χ0) is 18.2. The molecule has 0 atom stereocenters. The number of hydrogen-bond acceptors (Lipinski definition) is 4. The van der Waals surface area contributed by atoms with Gasteiger partial charge in [0.05, 0.1) is 7.11 Å². The standard InChI is InChI=1S/C18H26N2O4S/c1-14-4-5-16(15(12-14)24-3)25(22,23)20-10-8-18(9-11-20)7-6-17(21)19(2)13-18/h4-5,12H,6-11,13H2,1-3H3. The maximum Gasteiger partial charge on any atom is 0.246 e. The molecule has 2 saturated heterocycles. The number of benzene rings is 1. The van der Waals surface area contributed by atoms with Gasteiger partial charge in [-0.05, 0) is 49.3 Å². The summed E-state index contributed by atoms with van der Waals surface area (Å²) >= 11 is 0. The summed E-state index contributed by atoms with van der Waals surface area (Å²) in [6.07, 6.45) is 3.00. The predicted octanol–water partition coefficient (Wildman–Crippen LogP) is 2.03. The smallest absolute Gasteiger partial charge is 0.246 e. The van der Waals surface area contributed by atoms with E-state index in [4.69, 9.17) is 4.74 Å². The molecule has 138 valence electrons. The number of amides is 1. The molecule has 0 saturated carbocycles. The zero-order valence-corrected chi connectivity index (χ0v) is 15.9. The Morgan fingerprint density at radius 2 is 1.84 bits per heavy atom. The Bertz CT molecular complexity index is 767. The van der Waals surface area contributed by atoms with Gasteiger partial charge in [-0.1, -0.05) is 6.07 Å². The number of hydrogen-bond donors (Lipinski definition) is 0. The fourth-order valence-corrected chi connectivity index (χ4v) is 5.55. The average Bonchev–Trinajstić information content (AvgIpc) is 2.58. The van der Waals surface area contributed by atoms with Gasteiger partial charge in [0.1, 0.15) is 10.6 Å². The van der Waals surface area contributed by atoms with Crippen LogP contribution in [0.3, 0.4) is 0 Å². The number of methoxy groups -OCH3 is 1. The second-order valence-electron chi connectivity index (χ2n) is 7.31. The van der Waals surface area contributed by atoms with E-state index in [1.807, 2.05) is 14.0 Å². The fraction of sp³-hybridized carbons (Fsp3) is 0.611. The molecule has 3 rings (SSSR count). The third kappa shape index (κ3) is 3.40. The van der Waals surface area contributed by atoms with Crippen molar-refractivity contribution in [2.45, 2.75) is 37.5 Å². The SMILES string of the molecule is COc1cc(C)ccc1S(=O)(=O)N1CCC2(CCC(=O)N(C)C2)CC1. The van der Waals surface area contributed by atoms with E-state index < -0.39 is 10.0 Å². The van der Waals surface area contributed by atoms with Crippen LogP contribution in [-0.4, -0.2) is 57.3 Å². The van der Waals surface area contributed by atoms with Crippen LogP contribution in [0.1, 0.15) is 31.2 Å². The van der Waals surface area contributed by atoms with Crippen LogP contribution < -0.4 is 4.74 Å². The van der Waals surface area contributed by atoms with Crippen molar-refractivity contribution in [3.05, 3.63) is 23.8 Å². The molecule has 7 heteroatoms. The molecular formula is C18H26N2O4S. The third-order valence-corrected chi connectivity index (χ3v) is 7.53. The molecule has 1 aromatic rings. The van der Waals surface area contributed by atoms with Crippen molar-refractivity contribution in [1.29, 1.82) is 0 Å². The number of piperidine rings is 2. The number of ether oxygens (including phenoxy) is 1. The van der Waals surface area contributed by atoms with E-state index in [1.165, 1.54) is 7.11 Å². The number of rotatable bonds is 3. The molecule has 1 amide bonds. The van der Waals surface area contributed by atoms with Crippen molar-refractivity contribution in [1.82, 2.24) is 9.21 Å². The number of carbonyl (C=O) groups excluding carboxylic acids is 1. The summed E-state index contributed by atoms with van der Waals surface area (Å²) in [6.45, 7) is 3.61. The summed E-state index contributed by atoms with van der Waals surface area (Å²) in [5.74, 6) is 0.577. The van der Waals surface area contributed by atoms with E-state index in [-0.39, 0.29) is 16.2 Å². The normalized spacial score (nSPS) is 21.6. The third-order valence-electron chi connectivity index (χ3n) is 5.59. The maximum absolute atomic E-state index is 13.0. The molecule has 1 spiro atoms. The fourth-order valence-electron chi connectivity index (χ4n) is 3.97. The van der Waals surface area contributed by atoms with Gasteiger partial charge < -0.3 is 9.64 Å². The van der Waals surface area contributed by atoms with Crippen LogP contribution in [0.25, 0.3) is 0 Å². The van der Waals surface area contributed by atoms with Crippen LogP contribution in [0.5, 0.6) is 5.75 Å². The second-order valence-corrected chi connectivity index (χ2v) is 9.21. The van der Waals surface area contributed by atoms with Crippen molar-refractivity contribution < 1.29 is 17.9 Å². The minimum Gasteiger partial charge on any atom is -0.495 e. The van der Waals surface area contributed by atoms with E-state index in [0.29, 0.717) is 25.3 Å². The molecule has 0 bridgehead atoms. The van der Waals surface area contributed by atoms with E-state index >= 15 is 0 Å². The first-order valence-corrected chi connectivity index (χ1v) is 10.1. The first kappa shape index (κ1) is 18.2. The predicted molar refractivity (Wildman–Crippen MR) is 95.0 cm³/mol. The van der Waals surface area contributed by atoms with Crippen molar-refractivity contribution in [3.8, 4) is 5.75 Å². The summed E-state index contributed by atoms with van der Waals surface area (Å²) in [6, 6.07) is 5.17. The Morgan fingerprint density at radius 1 is 1.16 bits per heavy atom. The number of aryl methyl sites for hydroxylation is 1. The van der Waals surface area contributed by atoms with Gasteiger partial charge in [0.2, 0.25) is 15.9 Å². The van der Waals surface area contributed by atoms with E-state index in [9.17, 15) is 13.2 Å². The van der Waals surface area contributed by atoms with Crippen LogP contribution in [0.4, 0.5) is 0 Å². The minimum atomic E-state index is -3.57. The van der Waals surface area contributed by atoms with Gasteiger partial charge in [0.25, 0.3) is 0 Å². The Balaban J connectivity index is 1.77. The molecule has 2 fully saturated rings. The van der Waals surface area contributed by atoms with E-state index in [0.717, 1.165) is 31.4 Å². The van der Waals surface area contributed by atoms with Gasteiger partial charge in [-0.25, -0.2) is 8.42 Å². The van der Waals surface area contributed by atoms with Gasteiger partial charge in [-0.2, -0.15) is 4.31 Å². The van der Waals surface area contributed by atoms with Crippen LogP contribution in [0.15, 0.2) is 23.1 Å². The van der Waals surface area contributed by atoms with E-state index in [1.54, 1.807) is 27.4 Å². The topological polar surface area (TPSA) is 66.9 Å². The molecule has 6 nitrogen and oxygen atoms in total. The van der Waals surface area contributed by atoms with Crippen molar-refractivity contribution >= 4 is 15.9 Å². The first-order chi connectivity index (χ1) is 11.8. The minimum absolute atomic E-state index is 0.0615. The van der Waals surface area contributed by atoms with Crippen molar-refractivity contribution in [2.24, 2.45) is 5.41 Å². The lowest BCUT2D eigenvalue weighted by molar-refractivity contribution is -0.136. The van der Waals surface area contributed by atoms with Crippen LogP contribution >= 0.6 is 0 Å². The van der Waals surface area contributed by atoms with Gasteiger partial charge in [0, 0.05) is 33.1 Å². The summed E-state index contributed by atoms with van der Waals surface area (Å²) in [5.41, 5.74) is 1.02. The van der Waals surface area contributed by atoms with E-state index in [2.05, 4.69) is 0 Å². The summed E-state index contributed by atoms with van der Waals surface area (Å²) in [4.78, 5) is 13.7. The average molecular weight is 366 g/mol. The molecule has 0 N–H and O–H groups in total. The lowest BCUT2D eigenvalue weighted by Gasteiger charge is -2.46. The van der Waals surface area contributed by atoms with Crippen LogP contribution in [-0.2, 0) is 14.8 Å². The molecule has 2 heterocycles. The Hall–Kier alpha value is -1.60. The maximum atomic E-state index is 13.0. The van der Waals surface area contributed by atoms with Crippen molar-refractivity contribution in [2.75, 3.05) is 33.8 Å². The molecule has 2 aliphatic heterocycles. The highest BCUT2D eigenvalue weighted by Crippen LogP contribution is 2.41. The van der Waals surface area contributed by atoms with Crippen LogP contribution in [0.2, 0.25) is 0 Å². The zero-order valence-electron chi connectivity index (χ0n) is 15.1. The largest absolute Gasteiger partial charge is 0.495 e. The first-order valence-electron chi connectivity index (χ1n) is 8.66. The molecule has 0 aliphatic carbocycles. The van der Waals surface area contributed by atoms with Gasteiger partial charge in [-0.3, -0.25) is 4.79 Å². The van der Waals surface area contributed by atoms with Crippen molar-refractivity contribution in [3.63, 3.8) is 0 Å². The van der Waals surface area contributed by atoms with Gasteiger partial charge >= 0.3 is 0 Å². The highest BCUT2D eigenvalue weighted by atomic mass is 32.2. The van der Waals surface area contributed by atoms with Crippen LogP contribution in [0, 0.1) is 12.3 Å². The summed E-state index contributed by atoms with van der Waals surface area (Å²) in [5, 5.41) is 0. The molecule has 2 aliphatic rings. The lowest BCUT2D eigenvalue weighted by Crippen LogP contribution is -2.51. The van der Waals surface area contributed by atoms with Gasteiger partial charge in [0.15, 0.2) is 0 Å². The lowest BCUT2D eigenvalue weighted by atomic mass is 9.73. The Morgan fingerprint density at radius 3 is 2.44 bits per heavy atom. The molecular weight excluding hydrogens is 340 g/mol. The highest BCUT2D eigenvalue weighted by molar-refractivity contribution is 7.89. The number of sulfonamides is 1. The Kier molecular flexibility index (Phi) is 4.81. The molecule has 0 unspecified atom stereocenters. The molecule has 0 radical (unpaired) electrons. The number of nitrogens with zero attached hydrogens (tertiary/aromatic N) is 2. The Labute approximate surface area is 149 Å². The highest BCUT2D eigenvalue weighted by Gasteiger charge is 2.42. The molecule has 25 heavy (non-hydrogen) atoms. The molecule has 1 aromatic carbocycles. The quantitative estimate of drug-likeness (QED) is 0.821. The monoisotopic (exact) mass is 366 g/mol. The summed E-state index contributed by atoms with van der Waals surface area (Å²) < 4.78 is 32.9. The second kappa shape index (κ2) is 6.61. The summed E-state index contributed by atoms with van der Waals surface area (Å²) in [7, 11) is -0.243. The molecule has 0 aromatic heterocycles. The number of likely N-dealkylation sites (tertiary alicyclic amines) is 1.